The van der Waals surface area contributed by atoms with Crippen LogP contribution in [0.25, 0.3) is 0 Å². The Labute approximate surface area is 132 Å². The predicted molar refractivity (Wildman–Crippen MR) is 83.1 cm³/mol. The van der Waals surface area contributed by atoms with E-state index in [1.165, 1.54) is 0 Å². The summed E-state index contributed by atoms with van der Waals surface area (Å²) in [6.45, 7) is 5.81. The number of nitrogens with zero attached hydrogens (tertiary/aromatic N) is 3. The molecule has 4 atom stereocenters. The van der Waals surface area contributed by atoms with Crippen molar-refractivity contribution < 1.29 is 13.9 Å². The minimum absolute atomic E-state index is 0.00151. The van der Waals surface area contributed by atoms with Gasteiger partial charge in [-0.2, -0.15) is 0 Å². The van der Waals surface area contributed by atoms with Gasteiger partial charge in [0.1, 0.15) is 12.2 Å². The van der Waals surface area contributed by atoms with Gasteiger partial charge in [0.2, 0.25) is 5.91 Å². The molecule has 2 fully saturated rings. The van der Waals surface area contributed by atoms with Crippen LogP contribution < -0.4 is 5.73 Å². The zero-order valence-electron chi connectivity index (χ0n) is 14.0. The topological polar surface area (TPSA) is 62.0 Å². The zero-order chi connectivity index (χ0) is 16.4. The molecule has 6 nitrogen and oxygen atoms in total. The maximum absolute atomic E-state index is 14.3. The number of likely N-dealkylation sites (tertiary alicyclic amines) is 1. The Morgan fingerprint density at radius 1 is 1.27 bits per heavy atom. The van der Waals surface area contributed by atoms with Crippen LogP contribution in [0.4, 0.5) is 4.39 Å². The minimum Gasteiger partial charge on any atom is -0.372 e. The fourth-order valence-electron chi connectivity index (χ4n) is 3.23. The second-order valence-electron chi connectivity index (χ2n) is 6.78. The van der Waals surface area contributed by atoms with E-state index < -0.39 is 12.3 Å². The van der Waals surface area contributed by atoms with Crippen LogP contribution in [0.5, 0.6) is 0 Å². The summed E-state index contributed by atoms with van der Waals surface area (Å²) in [4.78, 5) is 18.3. The first-order valence-electron chi connectivity index (χ1n) is 8.04. The maximum atomic E-state index is 14.3. The molecule has 0 aliphatic carbocycles. The third-order valence-corrected chi connectivity index (χ3v) is 4.52. The number of hydrogen-bond acceptors (Lipinski definition) is 5. The van der Waals surface area contributed by atoms with Crippen LogP contribution in [-0.4, -0.2) is 91.5 Å². The van der Waals surface area contributed by atoms with Gasteiger partial charge in [0.05, 0.1) is 24.9 Å². The number of amides is 1. The molecule has 0 bridgehead atoms. The van der Waals surface area contributed by atoms with E-state index in [9.17, 15) is 9.18 Å². The molecule has 2 aliphatic heterocycles. The molecule has 0 radical (unpaired) electrons. The van der Waals surface area contributed by atoms with Crippen LogP contribution in [0.3, 0.4) is 0 Å². The fourth-order valence-corrected chi connectivity index (χ4v) is 3.23. The van der Waals surface area contributed by atoms with Crippen LogP contribution in [0.2, 0.25) is 0 Å². The van der Waals surface area contributed by atoms with Gasteiger partial charge in [-0.25, -0.2) is 4.39 Å². The molecule has 2 aliphatic rings. The highest BCUT2D eigenvalue weighted by atomic mass is 19.1. The second kappa shape index (κ2) is 7.21. The van der Waals surface area contributed by atoms with E-state index in [0.717, 1.165) is 6.54 Å². The van der Waals surface area contributed by atoms with E-state index in [2.05, 4.69) is 4.90 Å². The van der Waals surface area contributed by atoms with E-state index in [1.54, 1.807) is 4.90 Å². The molecule has 22 heavy (non-hydrogen) atoms. The van der Waals surface area contributed by atoms with Gasteiger partial charge in [-0.1, -0.05) is 0 Å². The summed E-state index contributed by atoms with van der Waals surface area (Å²) in [6.07, 6.45) is -1.15. The van der Waals surface area contributed by atoms with Crippen molar-refractivity contribution in [1.29, 1.82) is 0 Å². The number of alkyl halides is 1. The van der Waals surface area contributed by atoms with Crippen LogP contribution in [0.1, 0.15) is 20.3 Å². The van der Waals surface area contributed by atoms with Gasteiger partial charge < -0.3 is 20.3 Å². The molecule has 1 amide bonds. The highest BCUT2D eigenvalue weighted by Crippen LogP contribution is 2.21. The van der Waals surface area contributed by atoms with Crippen molar-refractivity contribution >= 4 is 5.91 Å². The van der Waals surface area contributed by atoms with E-state index >= 15 is 0 Å². The molecule has 128 valence electrons. The molecular weight excluding hydrogens is 287 g/mol. The number of piperidine rings is 1. The number of ether oxygens (including phenoxy) is 1. The van der Waals surface area contributed by atoms with Crippen molar-refractivity contribution in [3.8, 4) is 0 Å². The van der Waals surface area contributed by atoms with Crippen molar-refractivity contribution in [1.82, 2.24) is 14.7 Å². The van der Waals surface area contributed by atoms with Crippen molar-refractivity contribution in [2.45, 2.75) is 50.9 Å². The lowest BCUT2D eigenvalue weighted by Crippen LogP contribution is -2.65. The number of carbonyl (C=O) groups excluding carboxylic acids is 1. The first-order chi connectivity index (χ1) is 10.3. The third kappa shape index (κ3) is 3.95. The van der Waals surface area contributed by atoms with Gasteiger partial charge in [-0.3, -0.25) is 9.69 Å². The standard InChI is InChI=1S/C15H29FN4O2/c1-10(2)22-13-5-6-20(7-11(13)16)15(21)12-8-18(3)9-14(17)19(12)4/h10-14H,5-9,17H2,1-4H3/t11-,12?,13+,14?/m1/s1. The van der Waals surface area contributed by atoms with Crippen molar-refractivity contribution in [3.63, 3.8) is 0 Å². The fraction of sp³-hybridized carbons (Fsp3) is 0.933. The summed E-state index contributed by atoms with van der Waals surface area (Å²) in [5, 5.41) is 0. The van der Waals surface area contributed by atoms with Gasteiger partial charge in [-0.15, -0.1) is 0 Å². The van der Waals surface area contributed by atoms with E-state index in [0.29, 0.717) is 19.5 Å². The minimum atomic E-state index is -1.12. The average molecular weight is 316 g/mol. The second-order valence-corrected chi connectivity index (χ2v) is 6.78. The normalized spacial score (nSPS) is 35.1. The molecular formula is C15H29FN4O2. The van der Waals surface area contributed by atoms with E-state index in [1.807, 2.05) is 32.8 Å². The number of carbonyl (C=O) groups is 1. The quantitative estimate of drug-likeness (QED) is 0.787. The van der Waals surface area contributed by atoms with Gasteiger partial charge in [0, 0.05) is 19.6 Å². The molecule has 0 spiro atoms. The predicted octanol–water partition coefficient (Wildman–Crippen LogP) is -0.119. The highest BCUT2D eigenvalue weighted by molar-refractivity contribution is 5.82. The number of likely N-dealkylation sites (N-methyl/N-ethyl adjacent to an activating group) is 2. The summed E-state index contributed by atoms with van der Waals surface area (Å²) >= 11 is 0. The number of hydrogen-bond donors (Lipinski definition) is 1. The van der Waals surface area contributed by atoms with Crippen molar-refractivity contribution in [2.24, 2.45) is 5.73 Å². The number of piperazine rings is 1. The molecule has 2 heterocycles. The Kier molecular flexibility index (Phi) is 5.76. The van der Waals surface area contributed by atoms with Crippen LogP contribution in [0, 0.1) is 0 Å². The zero-order valence-corrected chi connectivity index (χ0v) is 14.0. The lowest BCUT2D eigenvalue weighted by molar-refractivity contribution is -0.147. The molecule has 0 aromatic carbocycles. The Hall–Kier alpha value is -0.760. The maximum Gasteiger partial charge on any atom is 0.241 e. The molecule has 2 N–H and O–H groups in total. The molecule has 7 heteroatoms. The molecule has 2 unspecified atom stereocenters. The first-order valence-corrected chi connectivity index (χ1v) is 8.04. The molecule has 2 saturated heterocycles. The van der Waals surface area contributed by atoms with Gasteiger partial charge in [0.25, 0.3) is 0 Å². The number of nitrogens with two attached hydrogens (primary N) is 1. The number of halogens is 1. The summed E-state index contributed by atoms with van der Waals surface area (Å²) in [5.74, 6) is -0.0323. The molecule has 0 aromatic heterocycles. The summed E-state index contributed by atoms with van der Waals surface area (Å²) < 4.78 is 19.8. The summed E-state index contributed by atoms with van der Waals surface area (Å²) in [5.41, 5.74) is 6.05. The average Bonchev–Trinajstić information content (AvgIpc) is 2.43. The Bertz CT molecular complexity index is 396. The monoisotopic (exact) mass is 316 g/mol. The molecule has 0 aromatic rings. The Balaban J connectivity index is 1.96. The van der Waals surface area contributed by atoms with Crippen LogP contribution >= 0.6 is 0 Å². The smallest absolute Gasteiger partial charge is 0.241 e. The van der Waals surface area contributed by atoms with Crippen LogP contribution in [-0.2, 0) is 9.53 Å². The van der Waals surface area contributed by atoms with Gasteiger partial charge in [-0.05, 0) is 34.4 Å². The summed E-state index contributed by atoms with van der Waals surface area (Å²) in [6, 6.07) is -0.302. The SMILES string of the molecule is CC(C)O[C@H]1CCN(C(=O)C2CN(C)CC(N)N2C)C[C@H]1F. The third-order valence-electron chi connectivity index (χ3n) is 4.52. The lowest BCUT2D eigenvalue weighted by atomic mass is 10.0. The van der Waals surface area contributed by atoms with Crippen molar-refractivity contribution in [2.75, 3.05) is 40.3 Å². The highest BCUT2D eigenvalue weighted by Gasteiger charge is 2.39. The Morgan fingerprint density at radius 2 is 1.95 bits per heavy atom. The van der Waals surface area contributed by atoms with Crippen LogP contribution in [0.15, 0.2) is 0 Å². The van der Waals surface area contributed by atoms with E-state index in [4.69, 9.17) is 10.5 Å². The van der Waals surface area contributed by atoms with E-state index in [-0.39, 0.29) is 30.8 Å². The summed E-state index contributed by atoms with van der Waals surface area (Å²) in [7, 11) is 3.82. The largest absolute Gasteiger partial charge is 0.372 e. The molecule has 0 saturated carbocycles. The Morgan fingerprint density at radius 3 is 2.55 bits per heavy atom. The lowest BCUT2D eigenvalue weighted by Gasteiger charge is -2.44. The number of rotatable bonds is 3. The first kappa shape index (κ1) is 17.6. The van der Waals surface area contributed by atoms with Crippen molar-refractivity contribution in [3.05, 3.63) is 0 Å². The molecule has 2 rings (SSSR count). The van der Waals surface area contributed by atoms with Gasteiger partial charge >= 0.3 is 0 Å². The van der Waals surface area contributed by atoms with Gasteiger partial charge in [0.15, 0.2) is 0 Å².